The molecule has 2 unspecified atom stereocenters. The van der Waals surface area contributed by atoms with Crippen molar-refractivity contribution in [3.05, 3.63) is 64.3 Å². The van der Waals surface area contributed by atoms with Crippen molar-refractivity contribution in [2.45, 2.75) is 31.5 Å². The van der Waals surface area contributed by atoms with E-state index in [0.717, 1.165) is 16.6 Å². The fraction of sp³-hybridized carbons (Fsp3) is 0.304. The minimum Gasteiger partial charge on any atom is -0.491 e. The van der Waals surface area contributed by atoms with Gasteiger partial charge in [-0.2, -0.15) is 0 Å². The minimum atomic E-state index is -1.30. The molecule has 0 saturated heterocycles. The van der Waals surface area contributed by atoms with Gasteiger partial charge >= 0.3 is 0 Å². The Bertz CT molecular complexity index is 1200. The zero-order valence-electron chi connectivity index (χ0n) is 17.2. The summed E-state index contributed by atoms with van der Waals surface area (Å²) in [5, 5.41) is 28.9. The quantitative estimate of drug-likeness (QED) is 0.402. The van der Waals surface area contributed by atoms with Crippen LogP contribution >= 0.6 is 0 Å². The lowest BCUT2D eigenvalue weighted by molar-refractivity contribution is -0.0339. The third-order valence-electron chi connectivity index (χ3n) is 5.90. The smallest absolute Gasteiger partial charge is 0.248 e. The molecule has 6 N–H and O–H groups in total. The van der Waals surface area contributed by atoms with Crippen LogP contribution in [0.1, 0.15) is 51.4 Å². The van der Waals surface area contributed by atoms with Gasteiger partial charge < -0.3 is 30.8 Å². The molecule has 0 radical (unpaired) electrons. The van der Waals surface area contributed by atoms with Gasteiger partial charge in [0.05, 0.1) is 12.2 Å². The number of primary amides is 1. The summed E-state index contributed by atoms with van der Waals surface area (Å²) in [5.41, 5.74) is 8.42. The summed E-state index contributed by atoms with van der Waals surface area (Å²) in [6, 6.07) is 10.0. The molecule has 1 amide bonds. The van der Waals surface area contributed by atoms with Gasteiger partial charge in [0.25, 0.3) is 0 Å². The highest BCUT2D eigenvalue weighted by Crippen LogP contribution is 2.44. The van der Waals surface area contributed by atoms with E-state index in [1.54, 1.807) is 36.4 Å². The second-order valence-corrected chi connectivity index (χ2v) is 8.29. The third-order valence-corrected chi connectivity index (χ3v) is 5.90. The summed E-state index contributed by atoms with van der Waals surface area (Å²) in [7, 11) is 0. The van der Waals surface area contributed by atoms with Gasteiger partial charge in [0.2, 0.25) is 5.91 Å². The van der Waals surface area contributed by atoms with Crippen LogP contribution in [0.5, 0.6) is 5.75 Å². The van der Waals surface area contributed by atoms with Crippen molar-refractivity contribution in [2.24, 2.45) is 5.73 Å². The van der Waals surface area contributed by atoms with E-state index < -0.39 is 30.1 Å². The van der Waals surface area contributed by atoms with Crippen LogP contribution in [0.25, 0.3) is 10.9 Å². The zero-order valence-corrected chi connectivity index (χ0v) is 17.2. The normalized spacial score (nSPS) is 16.5. The number of ketones is 1. The maximum atomic E-state index is 13.3. The Morgan fingerprint density at radius 3 is 2.58 bits per heavy atom. The number of fused-ring (bicyclic) bond motifs is 4. The molecule has 2 atom stereocenters. The number of ether oxygens (including phenoxy) is 1. The predicted molar refractivity (Wildman–Crippen MR) is 113 cm³/mol. The number of aromatic nitrogens is 1. The molecule has 162 valence electrons. The standard InChI is InChI=1S/C23H24N2O6/c1-23(2)15-8-12(31-10-18(28)17(27)9-26)4-6-13(15)20(29)19-14-5-3-11(22(24)30)7-16(14)25-21(19)23/h3-8,17-18,25-28H,9-10H2,1-2H3,(H2,24,30). The fourth-order valence-electron chi connectivity index (χ4n) is 4.07. The van der Waals surface area contributed by atoms with Crippen LogP contribution in [-0.2, 0) is 5.41 Å². The van der Waals surface area contributed by atoms with E-state index in [1.807, 2.05) is 13.8 Å². The van der Waals surface area contributed by atoms with E-state index in [0.29, 0.717) is 28.0 Å². The van der Waals surface area contributed by atoms with Crippen LogP contribution in [0.2, 0.25) is 0 Å². The summed E-state index contributed by atoms with van der Waals surface area (Å²) >= 11 is 0. The molecule has 1 aliphatic rings. The van der Waals surface area contributed by atoms with Crippen LogP contribution in [-0.4, -0.2) is 57.4 Å². The first-order valence-corrected chi connectivity index (χ1v) is 9.90. The van der Waals surface area contributed by atoms with Gasteiger partial charge in [-0.15, -0.1) is 0 Å². The number of aliphatic hydroxyl groups excluding tert-OH is 3. The highest BCUT2D eigenvalue weighted by molar-refractivity contribution is 6.20. The number of nitrogens with two attached hydrogens (primary N) is 1. The zero-order chi connectivity index (χ0) is 22.5. The first-order chi connectivity index (χ1) is 14.6. The molecule has 1 aliphatic carbocycles. The maximum absolute atomic E-state index is 13.3. The summed E-state index contributed by atoms with van der Waals surface area (Å²) in [6.07, 6.45) is -2.54. The minimum absolute atomic E-state index is 0.135. The molecule has 31 heavy (non-hydrogen) atoms. The van der Waals surface area contributed by atoms with Crippen molar-refractivity contribution in [1.29, 1.82) is 0 Å². The van der Waals surface area contributed by atoms with E-state index in [4.69, 9.17) is 15.6 Å². The fourth-order valence-corrected chi connectivity index (χ4v) is 4.07. The van der Waals surface area contributed by atoms with Gasteiger partial charge in [-0.05, 0) is 35.9 Å². The van der Waals surface area contributed by atoms with E-state index in [-0.39, 0.29) is 12.4 Å². The van der Waals surface area contributed by atoms with E-state index in [1.165, 1.54) is 0 Å². The van der Waals surface area contributed by atoms with Crippen LogP contribution in [0, 0.1) is 0 Å². The van der Waals surface area contributed by atoms with Crippen LogP contribution in [0.4, 0.5) is 0 Å². The Morgan fingerprint density at radius 1 is 1.16 bits per heavy atom. The number of aromatic amines is 1. The molecule has 0 fully saturated rings. The number of carbonyl (C=O) groups excluding carboxylic acids is 2. The SMILES string of the molecule is CC1(C)c2cc(OCC(O)C(O)CO)ccc2C(=O)c2c1[nH]c1cc(C(N)=O)ccc21. The maximum Gasteiger partial charge on any atom is 0.248 e. The number of aliphatic hydroxyl groups is 3. The Morgan fingerprint density at radius 2 is 1.90 bits per heavy atom. The second kappa shape index (κ2) is 7.49. The van der Waals surface area contributed by atoms with Crippen molar-refractivity contribution in [2.75, 3.05) is 13.2 Å². The Balaban J connectivity index is 1.75. The van der Waals surface area contributed by atoms with Crippen molar-refractivity contribution in [3.63, 3.8) is 0 Å². The highest BCUT2D eigenvalue weighted by atomic mass is 16.5. The third kappa shape index (κ3) is 3.38. The molecule has 1 aromatic heterocycles. The lowest BCUT2D eigenvalue weighted by Crippen LogP contribution is -2.34. The number of H-pyrrole nitrogens is 1. The lowest BCUT2D eigenvalue weighted by atomic mass is 9.71. The number of nitrogens with one attached hydrogen (secondary N) is 1. The lowest BCUT2D eigenvalue weighted by Gasteiger charge is -2.32. The molecule has 4 rings (SSSR count). The Kier molecular flexibility index (Phi) is 5.09. The molecule has 0 saturated carbocycles. The van der Waals surface area contributed by atoms with E-state index in [9.17, 15) is 19.8 Å². The van der Waals surface area contributed by atoms with Gasteiger partial charge in [-0.25, -0.2) is 0 Å². The second-order valence-electron chi connectivity index (χ2n) is 8.29. The number of rotatable bonds is 6. The molecule has 0 bridgehead atoms. The van der Waals surface area contributed by atoms with E-state index in [2.05, 4.69) is 4.98 Å². The first kappa shape index (κ1) is 21.0. The van der Waals surface area contributed by atoms with Gasteiger partial charge in [0, 0.05) is 33.1 Å². The number of amides is 1. The highest BCUT2D eigenvalue weighted by Gasteiger charge is 2.40. The van der Waals surface area contributed by atoms with Gasteiger partial charge in [-0.1, -0.05) is 19.9 Å². The Hall–Kier alpha value is -3.20. The number of hydrogen-bond acceptors (Lipinski definition) is 6. The summed E-state index contributed by atoms with van der Waals surface area (Å²) in [5.74, 6) is -0.247. The van der Waals surface area contributed by atoms with Gasteiger partial charge in [0.1, 0.15) is 24.6 Å². The van der Waals surface area contributed by atoms with E-state index >= 15 is 0 Å². The topological polar surface area (TPSA) is 146 Å². The molecule has 0 spiro atoms. The van der Waals surface area contributed by atoms with Gasteiger partial charge in [-0.3, -0.25) is 9.59 Å². The molecule has 1 heterocycles. The molecule has 8 heteroatoms. The van der Waals surface area contributed by atoms with Crippen molar-refractivity contribution in [1.82, 2.24) is 4.98 Å². The Labute approximate surface area is 178 Å². The summed E-state index contributed by atoms with van der Waals surface area (Å²) in [6.45, 7) is 3.19. The molecule has 2 aromatic carbocycles. The molecule has 3 aromatic rings. The van der Waals surface area contributed by atoms with Crippen molar-refractivity contribution in [3.8, 4) is 5.75 Å². The first-order valence-electron chi connectivity index (χ1n) is 9.90. The monoisotopic (exact) mass is 424 g/mol. The number of carbonyl (C=O) groups is 2. The van der Waals surface area contributed by atoms with Crippen molar-refractivity contribution < 1.29 is 29.6 Å². The van der Waals surface area contributed by atoms with Gasteiger partial charge in [0.15, 0.2) is 5.78 Å². The molecule has 8 nitrogen and oxygen atoms in total. The molecular formula is C23H24N2O6. The number of hydrogen-bond donors (Lipinski definition) is 5. The van der Waals surface area contributed by atoms with Crippen molar-refractivity contribution >= 4 is 22.6 Å². The van der Waals surface area contributed by atoms with Crippen LogP contribution < -0.4 is 10.5 Å². The number of benzene rings is 2. The molecular weight excluding hydrogens is 400 g/mol. The average molecular weight is 424 g/mol. The van der Waals surface area contributed by atoms with Crippen LogP contribution in [0.15, 0.2) is 36.4 Å². The molecule has 0 aliphatic heterocycles. The predicted octanol–water partition coefficient (Wildman–Crippen LogP) is 1.23. The largest absolute Gasteiger partial charge is 0.491 e. The summed E-state index contributed by atoms with van der Waals surface area (Å²) in [4.78, 5) is 28.2. The average Bonchev–Trinajstić information content (AvgIpc) is 3.15. The summed E-state index contributed by atoms with van der Waals surface area (Å²) < 4.78 is 5.58. The van der Waals surface area contributed by atoms with Crippen LogP contribution in [0.3, 0.4) is 0 Å².